The van der Waals surface area contributed by atoms with Crippen LogP contribution < -0.4 is 5.56 Å². The molecule has 0 aliphatic carbocycles. The number of thiophene rings is 1. The highest BCUT2D eigenvalue weighted by Gasteiger charge is 2.10. The minimum Gasteiger partial charge on any atom is -0.459 e. The number of aryl methyl sites for hydroxylation is 1. The van der Waals surface area contributed by atoms with Gasteiger partial charge in [0, 0.05) is 10.6 Å². The van der Waals surface area contributed by atoms with E-state index in [1.54, 1.807) is 12.1 Å². The Morgan fingerprint density at radius 2 is 2.04 bits per heavy atom. The third kappa shape index (κ3) is 4.29. The first-order chi connectivity index (χ1) is 11.9. The number of H-pyrrole nitrogens is 1. The van der Waals surface area contributed by atoms with E-state index in [2.05, 4.69) is 9.97 Å². The van der Waals surface area contributed by atoms with E-state index in [1.807, 2.05) is 39.0 Å². The van der Waals surface area contributed by atoms with Crippen LogP contribution in [-0.2, 0) is 10.5 Å². The highest BCUT2D eigenvalue weighted by Crippen LogP contribution is 2.24. The quantitative estimate of drug-likeness (QED) is 0.413. The topological polar surface area (TPSA) is 72.0 Å². The summed E-state index contributed by atoms with van der Waals surface area (Å²) in [5, 5.41) is 1.24. The van der Waals surface area contributed by atoms with E-state index in [0.29, 0.717) is 21.9 Å². The summed E-state index contributed by atoms with van der Waals surface area (Å²) in [5.74, 6) is 0.330. The lowest BCUT2D eigenvalue weighted by atomic mass is 10.1. The highest BCUT2D eigenvalue weighted by molar-refractivity contribution is 7.98. The van der Waals surface area contributed by atoms with Gasteiger partial charge in [-0.05, 0) is 44.5 Å². The molecule has 0 saturated heterocycles. The second kappa shape index (κ2) is 7.41. The van der Waals surface area contributed by atoms with Crippen molar-refractivity contribution >= 4 is 39.3 Å². The molecule has 3 rings (SSSR count). The van der Waals surface area contributed by atoms with E-state index in [9.17, 15) is 9.59 Å². The van der Waals surface area contributed by atoms with Gasteiger partial charge in [0.05, 0.1) is 17.1 Å². The van der Waals surface area contributed by atoms with Crippen molar-refractivity contribution in [2.24, 2.45) is 0 Å². The Morgan fingerprint density at radius 1 is 1.32 bits per heavy atom. The van der Waals surface area contributed by atoms with E-state index in [1.165, 1.54) is 23.1 Å². The van der Waals surface area contributed by atoms with Crippen LogP contribution in [0.5, 0.6) is 0 Å². The minimum absolute atomic E-state index is 0.108. The van der Waals surface area contributed by atoms with Crippen molar-refractivity contribution in [2.75, 3.05) is 0 Å². The first kappa shape index (κ1) is 17.7. The van der Waals surface area contributed by atoms with Gasteiger partial charge in [-0.15, -0.1) is 11.3 Å². The number of aromatic amines is 1. The third-order valence-corrected chi connectivity index (χ3v) is 5.30. The predicted molar refractivity (Wildman–Crippen MR) is 102 cm³/mol. The normalized spacial score (nSPS) is 11.2. The molecule has 0 saturated carbocycles. The van der Waals surface area contributed by atoms with Gasteiger partial charge in [0.1, 0.15) is 4.83 Å². The molecule has 2 aromatic heterocycles. The van der Waals surface area contributed by atoms with Gasteiger partial charge >= 0.3 is 5.97 Å². The molecule has 7 heteroatoms. The molecule has 5 nitrogen and oxygen atoms in total. The number of hydrogen-bond donors (Lipinski definition) is 1. The van der Waals surface area contributed by atoms with Gasteiger partial charge in [0.15, 0.2) is 5.16 Å². The van der Waals surface area contributed by atoms with Crippen molar-refractivity contribution in [1.82, 2.24) is 9.97 Å². The Bertz CT molecular complexity index is 959. The number of fused-ring (bicyclic) bond motifs is 1. The van der Waals surface area contributed by atoms with Crippen molar-refractivity contribution in [1.29, 1.82) is 0 Å². The first-order valence-corrected chi connectivity index (χ1v) is 9.66. The Hall–Kier alpha value is -2.12. The summed E-state index contributed by atoms with van der Waals surface area (Å²) in [7, 11) is 0. The summed E-state index contributed by atoms with van der Waals surface area (Å²) in [6.45, 7) is 5.61. The molecule has 1 aromatic carbocycles. The maximum Gasteiger partial charge on any atom is 0.338 e. The Labute approximate surface area is 153 Å². The monoisotopic (exact) mass is 374 g/mol. The van der Waals surface area contributed by atoms with Crippen LogP contribution in [0.1, 0.15) is 34.6 Å². The SMILES string of the molecule is Cc1cc2c(=O)[nH]c(SCc3ccc(C(=O)OC(C)C)cc3)nc2s1. The molecular formula is C18H18N2O3S2. The van der Waals surface area contributed by atoms with Crippen LogP contribution >= 0.6 is 23.1 Å². The average molecular weight is 374 g/mol. The number of thioether (sulfide) groups is 1. The average Bonchev–Trinajstić information content (AvgIpc) is 2.94. The number of carbonyl (C=O) groups excluding carboxylic acids is 1. The zero-order valence-electron chi connectivity index (χ0n) is 14.2. The number of benzene rings is 1. The minimum atomic E-state index is -0.321. The van der Waals surface area contributed by atoms with Crippen molar-refractivity contribution < 1.29 is 9.53 Å². The van der Waals surface area contributed by atoms with Gasteiger partial charge in [-0.1, -0.05) is 23.9 Å². The van der Waals surface area contributed by atoms with E-state index < -0.39 is 0 Å². The van der Waals surface area contributed by atoms with Gasteiger partial charge in [-0.3, -0.25) is 4.79 Å². The molecule has 0 spiro atoms. The molecule has 0 bridgehead atoms. The highest BCUT2D eigenvalue weighted by atomic mass is 32.2. The fourth-order valence-electron chi connectivity index (χ4n) is 2.27. The lowest BCUT2D eigenvalue weighted by Gasteiger charge is -2.08. The first-order valence-electron chi connectivity index (χ1n) is 7.85. The lowest BCUT2D eigenvalue weighted by molar-refractivity contribution is 0.0378. The number of rotatable bonds is 5. The summed E-state index contributed by atoms with van der Waals surface area (Å²) in [6, 6.07) is 9.13. The van der Waals surface area contributed by atoms with Gasteiger partial charge < -0.3 is 9.72 Å². The van der Waals surface area contributed by atoms with E-state index >= 15 is 0 Å². The zero-order chi connectivity index (χ0) is 18.0. The van der Waals surface area contributed by atoms with Gasteiger partial charge in [0.2, 0.25) is 0 Å². The van der Waals surface area contributed by atoms with Crippen LogP contribution in [-0.4, -0.2) is 22.0 Å². The number of aromatic nitrogens is 2. The maximum absolute atomic E-state index is 12.1. The van der Waals surface area contributed by atoms with Crippen LogP contribution in [0, 0.1) is 6.92 Å². The Kier molecular flexibility index (Phi) is 5.24. The van der Waals surface area contributed by atoms with Crippen LogP contribution in [0.3, 0.4) is 0 Å². The van der Waals surface area contributed by atoms with Crippen molar-refractivity contribution in [3.8, 4) is 0 Å². The van der Waals surface area contributed by atoms with Crippen molar-refractivity contribution in [3.05, 3.63) is 56.7 Å². The molecule has 0 aliphatic rings. The molecule has 1 N–H and O–H groups in total. The van der Waals surface area contributed by atoms with E-state index in [-0.39, 0.29) is 17.6 Å². The van der Waals surface area contributed by atoms with E-state index in [4.69, 9.17) is 4.74 Å². The molecule has 25 heavy (non-hydrogen) atoms. The number of ether oxygens (including phenoxy) is 1. The Balaban J connectivity index is 1.69. The number of nitrogens with zero attached hydrogens (tertiary/aromatic N) is 1. The number of carbonyl (C=O) groups is 1. The van der Waals surface area contributed by atoms with Gasteiger partial charge in [0.25, 0.3) is 5.56 Å². The maximum atomic E-state index is 12.1. The summed E-state index contributed by atoms with van der Waals surface area (Å²) < 4.78 is 5.17. The summed E-state index contributed by atoms with van der Waals surface area (Å²) in [5.41, 5.74) is 1.46. The molecule has 2 heterocycles. The van der Waals surface area contributed by atoms with Crippen LogP contribution in [0.2, 0.25) is 0 Å². The zero-order valence-corrected chi connectivity index (χ0v) is 15.8. The standard InChI is InChI=1S/C18H18N2O3S2/c1-10(2)23-17(22)13-6-4-12(5-7-13)9-24-18-19-15(21)14-8-11(3)25-16(14)20-18/h4-8,10H,9H2,1-3H3,(H,19,20,21). The van der Waals surface area contributed by atoms with Gasteiger partial charge in [-0.25, -0.2) is 9.78 Å². The molecule has 0 unspecified atom stereocenters. The second-order valence-corrected chi connectivity index (χ2v) is 8.09. The predicted octanol–water partition coefficient (Wildman–Crippen LogP) is 4.15. The summed E-state index contributed by atoms with van der Waals surface area (Å²) >= 11 is 2.98. The molecule has 0 amide bonds. The van der Waals surface area contributed by atoms with E-state index in [0.717, 1.165) is 15.3 Å². The van der Waals surface area contributed by atoms with Crippen LogP contribution in [0.25, 0.3) is 10.2 Å². The largest absolute Gasteiger partial charge is 0.459 e. The Morgan fingerprint density at radius 3 is 2.72 bits per heavy atom. The molecule has 0 radical (unpaired) electrons. The molecular weight excluding hydrogens is 356 g/mol. The number of esters is 1. The van der Waals surface area contributed by atoms with Crippen molar-refractivity contribution in [2.45, 2.75) is 37.8 Å². The smallest absolute Gasteiger partial charge is 0.338 e. The fraction of sp³-hybridized carbons (Fsp3) is 0.278. The molecule has 3 aromatic rings. The third-order valence-electron chi connectivity index (χ3n) is 3.41. The molecule has 130 valence electrons. The second-order valence-electron chi connectivity index (χ2n) is 5.89. The summed E-state index contributed by atoms with van der Waals surface area (Å²) in [4.78, 5) is 33.1. The number of hydrogen-bond acceptors (Lipinski definition) is 6. The molecule has 0 aliphatic heterocycles. The lowest BCUT2D eigenvalue weighted by Crippen LogP contribution is -2.11. The van der Waals surface area contributed by atoms with Crippen LogP contribution in [0.15, 0.2) is 40.3 Å². The van der Waals surface area contributed by atoms with Gasteiger partial charge in [-0.2, -0.15) is 0 Å². The van der Waals surface area contributed by atoms with Crippen LogP contribution in [0.4, 0.5) is 0 Å². The van der Waals surface area contributed by atoms with Crippen molar-refractivity contribution in [3.63, 3.8) is 0 Å². The molecule has 0 atom stereocenters. The summed E-state index contributed by atoms with van der Waals surface area (Å²) in [6.07, 6.45) is -0.138. The number of nitrogens with one attached hydrogen (secondary N) is 1. The fourth-order valence-corrected chi connectivity index (χ4v) is 4.03. The molecule has 0 fully saturated rings.